The molecule has 0 spiro atoms. The monoisotopic (exact) mass is 1710 g/mol. The first-order valence-corrected chi connectivity index (χ1v) is 46.5. The summed E-state index contributed by atoms with van der Waals surface area (Å²) in [5.41, 5.74) is 47.0. The Bertz CT molecular complexity index is 1880. The predicted molar refractivity (Wildman–Crippen MR) is 472 cm³/mol. The van der Waals surface area contributed by atoms with Crippen LogP contribution in [0.4, 0.5) is 0 Å². The van der Waals surface area contributed by atoms with Crippen molar-refractivity contribution < 1.29 is 104 Å². The van der Waals surface area contributed by atoms with Crippen molar-refractivity contribution in [2.75, 3.05) is 211 Å². The Kier molecular flexibility index (Phi) is 87.2. The van der Waals surface area contributed by atoms with Crippen molar-refractivity contribution in [1.29, 1.82) is 0 Å². The second-order valence-electron chi connectivity index (χ2n) is 30.8. The van der Waals surface area contributed by atoms with Gasteiger partial charge in [0.1, 0.15) is 24.4 Å². The van der Waals surface area contributed by atoms with Crippen molar-refractivity contribution >= 4 is 0 Å². The van der Waals surface area contributed by atoms with Gasteiger partial charge in [-0.25, -0.2) is 0 Å². The van der Waals surface area contributed by atoms with Gasteiger partial charge in [-0.2, -0.15) is 0 Å². The molecule has 0 saturated heterocycles. The minimum absolute atomic E-state index is 0.0000811. The summed E-state index contributed by atoms with van der Waals surface area (Å²) in [4.78, 5) is 0. The second-order valence-corrected chi connectivity index (χ2v) is 30.8. The number of hydrogen-bond acceptors (Lipinski definition) is 30. The Labute approximate surface area is 719 Å². The summed E-state index contributed by atoms with van der Waals surface area (Å²) in [7, 11) is 0. The van der Waals surface area contributed by atoms with Crippen LogP contribution in [0.3, 0.4) is 0 Å². The fraction of sp³-hybridized carbons (Fsp3) is 1.00. The molecule has 0 aromatic carbocycles. The summed E-state index contributed by atoms with van der Waals surface area (Å²) >= 11 is 0. The predicted octanol–water partition coefficient (Wildman–Crippen LogP) is 9.50. The van der Waals surface area contributed by atoms with Gasteiger partial charge in [0.05, 0.1) is 232 Å². The van der Waals surface area contributed by atoms with Crippen LogP contribution in [0.2, 0.25) is 0 Å². The van der Waals surface area contributed by atoms with Crippen LogP contribution in [0, 0.1) is 0 Å². The summed E-state index contributed by atoms with van der Waals surface area (Å²) in [5, 5.41) is 0. The molecule has 0 aromatic heterocycles. The molecule has 0 heterocycles. The highest BCUT2D eigenvalue weighted by Gasteiger charge is 2.26. The van der Waals surface area contributed by atoms with Crippen molar-refractivity contribution in [2.24, 2.45) is 45.9 Å². The first-order chi connectivity index (χ1) is 57.3. The van der Waals surface area contributed by atoms with E-state index in [2.05, 4.69) is 111 Å². The minimum Gasteiger partial charge on any atom is -0.376 e. The van der Waals surface area contributed by atoms with Gasteiger partial charge in [0, 0.05) is 50.6 Å². The number of ether oxygens (including phenoxy) is 22. The van der Waals surface area contributed by atoms with Crippen LogP contribution in [0.15, 0.2) is 0 Å². The van der Waals surface area contributed by atoms with Crippen LogP contribution in [-0.4, -0.2) is 333 Å². The number of nitrogens with two attached hydrogens (primary N) is 8. The summed E-state index contributed by atoms with van der Waals surface area (Å²) in [6.45, 7) is 47.9. The highest BCUT2D eigenvalue weighted by atomic mass is 16.6. The van der Waals surface area contributed by atoms with E-state index in [1.807, 2.05) is 0 Å². The third-order valence-corrected chi connectivity index (χ3v) is 20.3. The van der Waals surface area contributed by atoms with E-state index in [4.69, 9.17) is 150 Å². The fourth-order valence-electron chi connectivity index (χ4n) is 10.8. The lowest BCUT2D eigenvalue weighted by molar-refractivity contribution is -0.138. The molecule has 20 unspecified atom stereocenters. The Hall–Kier alpha value is -1.20. The molecular formula is C88H188N8O22. The molecule has 118 heavy (non-hydrogen) atoms. The Balaban J connectivity index is 0. The smallest absolute Gasteiger partial charge is 0.104 e. The van der Waals surface area contributed by atoms with Gasteiger partial charge in [-0.15, -0.1) is 0 Å². The number of rotatable bonds is 92. The molecule has 20 atom stereocenters. The molecule has 0 radical (unpaired) electrons. The van der Waals surface area contributed by atoms with E-state index < -0.39 is 0 Å². The molecule has 0 fully saturated rings. The molecule has 0 aromatic rings. The molecule has 0 saturated carbocycles. The Morgan fingerprint density at radius 3 is 0.398 bits per heavy atom. The zero-order valence-electron chi connectivity index (χ0n) is 77.9. The fourth-order valence-corrected chi connectivity index (χ4v) is 10.8. The van der Waals surface area contributed by atoms with E-state index in [0.29, 0.717) is 198 Å². The van der Waals surface area contributed by atoms with Crippen molar-refractivity contribution in [3.8, 4) is 0 Å². The van der Waals surface area contributed by atoms with Crippen molar-refractivity contribution in [3.63, 3.8) is 0 Å². The molecule has 30 heteroatoms. The van der Waals surface area contributed by atoms with E-state index in [1.165, 1.54) is 0 Å². The molecule has 0 rings (SSSR count). The highest BCUT2D eigenvalue weighted by molar-refractivity contribution is 4.73. The first-order valence-electron chi connectivity index (χ1n) is 46.5. The standard InChI is InChI=1S/C50H106N4O13.C38H82N4O9/c1-9-41(62-35-43(11-3)58-25-17-21-51)29-55-31-49(66-39-47(15-7)64-37-45(13-5)60-27-19-23-53)33-57-34-50(67-40-48(16-8)65-38-46(14-6)61-28-20-24-54)32-56-30-42(10-2)63-36-44(12-4)59-26-18-22-52;1-9-29(39)17-46-33(13-5)21-43-23-37(50-27-35(15-7)48-19-31(41)11-3)25-45-26-38(51-28-36(16-8)49-20-32(42)12-4)24-44-22-34(14-6)47-18-30(40)10-2/h41-50H,9-40,51-54H2,1-8H3;29-38H,9-28,39-42H2,1-8H3. The molecule has 0 aliphatic heterocycles. The number of hydrogen-bond donors (Lipinski definition) is 8. The second kappa shape index (κ2) is 86.5. The van der Waals surface area contributed by atoms with E-state index >= 15 is 0 Å². The van der Waals surface area contributed by atoms with Crippen molar-refractivity contribution in [2.45, 2.75) is 361 Å². The third-order valence-electron chi connectivity index (χ3n) is 20.3. The third kappa shape index (κ3) is 69.0. The van der Waals surface area contributed by atoms with Gasteiger partial charge in [-0.05, 0) is 155 Å². The van der Waals surface area contributed by atoms with E-state index in [0.717, 1.165) is 128 Å². The maximum atomic E-state index is 6.51. The quantitative estimate of drug-likeness (QED) is 0.0263. The largest absolute Gasteiger partial charge is 0.376 e. The summed E-state index contributed by atoms with van der Waals surface area (Å²) in [6.07, 6.45) is 14.5. The van der Waals surface area contributed by atoms with Gasteiger partial charge >= 0.3 is 0 Å². The van der Waals surface area contributed by atoms with Gasteiger partial charge in [-0.1, -0.05) is 111 Å². The average molecular weight is 1710 g/mol. The highest BCUT2D eigenvalue weighted by Crippen LogP contribution is 2.16. The van der Waals surface area contributed by atoms with Crippen LogP contribution in [0.5, 0.6) is 0 Å². The average Bonchev–Trinajstić information content (AvgIpc) is 0.941. The van der Waals surface area contributed by atoms with Crippen LogP contribution in [0.25, 0.3) is 0 Å². The van der Waals surface area contributed by atoms with Crippen molar-refractivity contribution in [1.82, 2.24) is 0 Å². The van der Waals surface area contributed by atoms with Crippen LogP contribution >= 0.6 is 0 Å². The van der Waals surface area contributed by atoms with Crippen molar-refractivity contribution in [3.05, 3.63) is 0 Å². The maximum Gasteiger partial charge on any atom is 0.104 e. The maximum absolute atomic E-state index is 6.51. The molecule has 0 bridgehead atoms. The Morgan fingerprint density at radius 2 is 0.263 bits per heavy atom. The van der Waals surface area contributed by atoms with E-state index in [9.17, 15) is 0 Å². The molecule has 712 valence electrons. The van der Waals surface area contributed by atoms with Crippen LogP contribution in [-0.2, 0) is 104 Å². The van der Waals surface area contributed by atoms with Gasteiger partial charge < -0.3 is 150 Å². The lowest BCUT2D eigenvalue weighted by Crippen LogP contribution is -2.37. The summed E-state index contributed by atoms with van der Waals surface area (Å²) in [5.74, 6) is 0. The van der Waals surface area contributed by atoms with E-state index in [1.54, 1.807) is 0 Å². The minimum atomic E-state index is -0.379. The lowest BCUT2D eigenvalue weighted by atomic mass is 10.2. The van der Waals surface area contributed by atoms with Gasteiger partial charge in [-0.3, -0.25) is 0 Å². The Morgan fingerprint density at radius 1 is 0.144 bits per heavy atom. The summed E-state index contributed by atoms with van der Waals surface area (Å²) in [6, 6.07) is 0.0351. The van der Waals surface area contributed by atoms with E-state index in [-0.39, 0.29) is 135 Å². The molecule has 0 aliphatic rings. The zero-order valence-corrected chi connectivity index (χ0v) is 77.9. The molecule has 30 nitrogen and oxygen atoms in total. The van der Waals surface area contributed by atoms with Gasteiger partial charge in [0.25, 0.3) is 0 Å². The van der Waals surface area contributed by atoms with Crippen LogP contribution < -0.4 is 45.9 Å². The normalized spacial score (nSPS) is 17.3. The topological polar surface area (TPSA) is 411 Å². The first kappa shape index (κ1) is 119. The van der Waals surface area contributed by atoms with Gasteiger partial charge in [0.2, 0.25) is 0 Å². The summed E-state index contributed by atoms with van der Waals surface area (Å²) < 4.78 is 136. The van der Waals surface area contributed by atoms with Gasteiger partial charge in [0.15, 0.2) is 0 Å². The SMILES string of the molecule is CCC(COCC(COCC(COCC(CC)OCC(CC)OCCCN)OCC(CC)OCC(CC)OCCCN)OCC(CC)OCC(CC)OCCCN)OCC(CC)OCCCN.CCC(N)COC(CC)COCC(COCC(COCC(CC)OCC(N)CC)OCC(CC)OCC(N)CC)OCC(CC)OCC(N)CC. The molecular weight excluding hydrogens is 1520 g/mol. The lowest BCUT2D eigenvalue weighted by Gasteiger charge is -2.27. The molecule has 0 amide bonds. The zero-order chi connectivity index (χ0) is 87.9. The molecule has 16 N–H and O–H groups in total. The molecule has 0 aliphatic carbocycles. The van der Waals surface area contributed by atoms with Crippen LogP contribution in [0.1, 0.15) is 239 Å².